The second-order valence-electron chi connectivity index (χ2n) is 14.5. The smallest absolute Gasteiger partial charge is 0.144 e. The number of hydrogen-bond acceptors (Lipinski definition) is 2. The van der Waals surface area contributed by atoms with E-state index < -0.39 is 0 Å². The van der Waals surface area contributed by atoms with Gasteiger partial charge in [0.2, 0.25) is 0 Å². The van der Waals surface area contributed by atoms with Gasteiger partial charge in [-0.1, -0.05) is 153 Å². The third kappa shape index (κ3) is 5.10. The molecule has 0 spiro atoms. The molecule has 53 heavy (non-hydrogen) atoms. The average molecular weight is 680 g/mol. The zero-order chi connectivity index (χ0) is 35.5. The summed E-state index contributed by atoms with van der Waals surface area (Å²) >= 11 is 0. The molecule has 2 heteroatoms. The van der Waals surface area contributed by atoms with Gasteiger partial charge in [-0.3, -0.25) is 0 Å². The molecule has 2 nitrogen and oxygen atoms in total. The minimum absolute atomic E-state index is 0.168. The molecule has 10 rings (SSSR count). The Morgan fingerprint density at radius 1 is 0.415 bits per heavy atom. The van der Waals surface area contributed by atoms with Crippen LogP contribution in [0, 0.1) is 0 Å². The fourth-order valence-electron chi connectivity index (χ4n) is 8.41. The van der Waals surface area contributed by atoms with Gasteiger partial charge in [-0.05, 0) is 98.6 Å². The number of anilines is 3. The van der Waals surface area contributed by atoms with Crippen LogP contribution in [0.15, 0.2) is 192 Å². The van der Waals surface area contributed by atoms with E-state index in [2.05, 4.69) is 207 Å². The van der Waals surface area contributed by atoms with Gasteiger partial charge < -0.3 is 9.32 Å². The summed E-state index contributed by atoms with van der Waals surface area (Å²) in [6, 6.07) is 67.7. The molecule has 8 aromatic carbocycles. The van der Waals surface area contributed by atoms with Crippen molar-refractivity contribution >= 4 is 39.0 Å². The lowest BCUT2D eigenvalue weighted by molar-refractivity contribution is 0.653. The maximum atomic E-state index is 6.81. The normalized spacial score (nSPS) is 12.9. The lowest BCUT2D eigenvalue weighted by atomic mass is 9.81. The minimum atomic E-state index is -0.168. The van der Waals surface area contributed by atoms with Crippen LogP contribution in [0.3, 0.4) is 0 Å². The molecule has 0 aliphatic heterocycles. The number of benzene rings is 8. The van der Waals surface area contributed by atoms with Crippen LogP contribution >= 0.6 is 0 Å². The van der Waals surface area contributed by atoms with Crippen LogP contribution in [0.2, 0.25) is 0 Å². The van der Waals surface area contributed by atoms with E-state index in [1.165, 1.54) is 50.1 Å². The van der Waals surface area contributed by atoms with E-state index in [0.717, 1.165) is 44.6 Å². The zero-order valence-electron chi connectivity index (χ0n) is 29.8. The topological polar surface area (TPSA) is 16.4 Å². The molecule has 252 valence electrons. The molecule has 1 aliphatic rings. The molecule has 1 aromatic heterocycles. The summed E-state index contributed by atoms with van der Waals surface area (Å²) in [6.45, 7) is 4.68. The standard InChI is InChI=1S/C51H37NO/c1-51(2)45-22-11-9-20-42(45)49-46(51)33-44(48-43-21-10-12-23-47(43)53-50(48)49)38-18-13-19-41(32-38)52(39-28-24-36(25-29-39)34-14-5-3-6-15-34)40-30-26-37(27-31-40)35-16-7-4-8-17-35/h3-33H,1-2H3. The molecule has 0 bridgehead atoms. The van der Waals surface area contributed by atoms with Gasteiger partial charge in [-0.25, -0.2) is 0 Å². The molecule has 0 N–H and O–H groups in total. The first kappa shape index (κ1) is 31.1. The van der Waals surface area contributed by atoms with Crippen LogP contribution in [0.25, 0.3) is 66.4 Å². The Bertz CT molecular complexity index is 2690. The number of para-hydroxylation sites is 1. The van der Waals surface area contributed by atoms with Crippen molar-refractivity contribution in [2.45, 2.75) is 19.3 Å². The highest BCUT2D eigenvalue weighted by Crippen LogP contribution is 2.55. The molecule has 0 fully saturated rings. The van der Waals surface area contributed by atoms with Crippen molar-refractivity contribution in [3.63, 3.8) is 0 Å². The van der Waals surface area contributed by atoms with Gasteiger partial charge in [0.1, 0.15) is 11.2 Å². The Kier molecular flexibility index (Phi) is 7.19. The second-order valence-corrected chi connectivity index (χ2v) is 14.5. The highest BCUT2D eigenvalue weighted by Gasteiger charge is 2.38. The Morgan fingerprint density at radius 2 is 0.962 bits per heavy atom. The van der Waals surface area contributed by atoms with Gasteiger partial charge in [0, 0.05) is 38.8 Å². The fraction of sp³-hybridized carbons (Fsp3) is 0.0588. The first-order valence-corrected chi connectivity index (χ1v) is 18.3. The summed E-state index contributed by atoms with van der Waals surface area (Å²) < 4.78 is 6.81. The van der Waals surface area contributed by atoms with Crippen LogP contribution < -0.4 is 4.90 Å². The molecule has 0 atom stereocenters. The highest BCUT2D eigenvalue weighted by atomic mass is 16.3. The summed E-state index contributed by atoms with van der Waals surface area (Å²) in [6.07, 6.45) is 0. The van der Waals surface area contributed by atoms with Gasteiger partial charge in [-0.2, -0.15) is 0 Å². The maximum absolute atomic E-state index is 6.81. The van der Waals surface area contributed by atoms with Crippen molar-refractivity contribution in [1.29, 1.82) is 0 Å². The first-order valence-electron chi connectivity index (χ1n) is 18.3. The third-order valence-electron chi connectivity index (χ3n) is 11.1. The van der Waals surface area contributed by atoms with Gasteiger partial charge in [0.15, 0.2) is 0 Å². The minimum Gasteiger partial charge on any atom is -0.455 e. The highest BCUT2D eigenvalue weighted by molar-refractivity contribution is 6.18. The number of furan rings is 1. The van der Waals surface area contributed by atoms with Gasteiger partial charge in [-0.15, -0.1) is 0 Å². The predicted octanol–water partition coefficient (Wildman–Crippen LogP) is 14.4. The predicted molar refractivity (Wildman–Crippen MR) is 222 cm³/mol. The summed E-state index contributed by atoms with van der Waals surface area (Å²) in [7, 11) is 0. The lowest BCUT2D eigenvalue weighted by Gasteiger charge is -2.27. The lowest BCUT2D eigenvalue weighted by Crippen LogP contribution is -2.15. The summed E-state index contributed by atoms with van der Waals surface area (Å²) in [4.78, 5) is 2.37. The first-order chi connectivity index (χ1) is 26.0. The molecule has 0 radical (unpaired) electrons. The Balaban J connectivity index is 1.16. The summed E-state index contributed by atoms with van der Waals surface area (Å²) in [5, 5.41) is 2.30. The van der Waals surface area contributed by atoms with Gasteiger partial charge in [0.25, 0.3) is 0 Å². The SMILES string of the molecule is CC1(C)c2ccccc2-c2c1cc(-c1cccc(N(c3ccc(-c4ccccc4)cc3)c3ccc(-c4ccccc4)cc3)c1)c1c2oc2ccccc21. The molecule has 1 heterocycles. The molecule has 0 unspecified atom stereocenters. The molecular weight excluding hydrogens is 643 g/mol. The molecule has 0 saturated carbocycles. The zero-order valence-corrected chi connectivity index (χ0v) is 29.8. The van der Waals surface area contributed by atoms with E-state index in [9.17, 15) is 0 Å². The second kappa shape index (κ2) is 12.3. The van der Waals surface area contributed by atoms with Gasteiger partial charge in [0.05, 0.1) is 0 Å². The third-order valence-corrected chi connectivity index (χ3v) is 11.1. The van der Waals surface area contributed by atoms with Crippen molar-refractivity contribution in [2.75, 3.05) is 4.90 Å². The largest absolute Gasteiger partial charge is 0.455 e. The van der Waals surface area contributed by atoms with Crippen LogP contribution in [-0.4, -0.2) is 0 Å². The number of hydrogen-bond donors (Lipinski definition) is 0. The van der Waals surface area contributed by atoms with Gasteiger partial charge >= 0.3 is 0 Å². The van der Waals surface area contributed by atoms with Crippen LogP contribution in [0.1, 0.15) is 25.0 Å². The van der Waals surface area contributed by atoms with E-state index in [0.29, 0.717) is 0 Å². The van der Waals surface area contributed by atoms with Crippen LogP contribution in [0.4, 0.5) is 17.1 Å². The van der Waals surface area contributed by atoms with Crippen molar-refractivity contribution < 1.29 is 4.42 Å². The average Bonchev–Trinajstić information content (AvgIpc) is 3.71. The number of rotatable bonds is 6. The number of nitrogens with zero attached hydrogens (tertiary/aromatic N) is 1. The van der Waals surface area contributed by atoms with Crippen LogP contribution in [0.5, 0.6) is 0 Å². The molecular formula is C51H37NO. The Hall–Kier alpha value is -6.64. The quantitative estimate of drug-likeness (QED) is 0.174. The molecule has 0 amide bonds. The van der Waals surface area contributed by atoms with Crippen molar-refractivity contribution in [3.8, 4) is 44.5 Å². The van der Waals surface area contributed by atoms with Crippen molar-refractivity contribution in [2.24, 2.45) is 0 Å². The summed E-state index contributed by atoms with van der Waals surface area (Å²) in [5.74, 6) is 0. The summed E-state index contributed by atoms with van der Waals surface area (Å²) in [5.41, 5.74) is 17.3. The van der Waals surface area contributed by atoms with Crippen molar-refractivity contribution in [3.05, 3.63) is 199 Å². The van der Waals surface area contributed by atoms with E-state index in [1.54, 1.807) is 0 Å². The number of fused-ring (bicyclic) bond motifs is 7. The molecule has 1 aliphatic carbocycles. The Morgan fingerprint density at radius 3 is 1.62 bits per heavy atom. The molecule has 0 saturated heterocycles. The van der Waals surface area contributed by atoms with Crippen LogP contribution in [-0.2, 0) is 5.41 Å². The van der Waals surface area contributed by atoms with E-state index in [4.69, 9.17) is 4.42 Å². The molecule has 9 aromatic rings. The maximum Gasteiger partial charge on any atom is 0.144 e. The van der Waals surface area contributed by atoms with Crippen molar-refractivity contribution in [1.82, 2.24) is 0 Å². The van der Waals surface area contributed by atoms with E-state index >= 15 is 0 Å². The monoisotopic (exact) mass is 679 g/mol. The Labute approximate surface area is 310 Å². The van der Waals surface area contributed by atoms with E-state index in [-0.39, 0.29) is 5.41 Å². The van der Waals surface area contributed by atoms with E-state index in [1.807, 2.05) is 0 Å². The fourth-order valence-corrected chi connectivity index (χ4v) is 8.41.